The summed E-state index contributed by atoms with van der Waals surface area (Å²) in [5.74, 6) is 1.07. The van der Waals surface area contributed by atoms with Crippen LogP contribution in [0.4, 0.5) is 0 Å². The molecule has 3 heteroatoms. The molecule has 0 bridgehead atoms. The number of rotatable bonds is 6. The van der Waals surface area contributed by atoms with Crippen molar-refractivity contribution < 1.29 is 14.3 Å². The first kappa shape index (κ1) is 12.1. The Labute approximate surface area is 102 Å². The summed E-state index contributed by atoms with van der Waals surface area (Å²) in [6, 6.07) is 7.33. The van der Waals surface area contributed by atoms with Crippen molar-refractivity contribution in [2.24, 2.45) is 5.92 Å². The van der Waals surface area contributed by atoms with Crippen molar-refractivity contribution in [3.8, 4) is 5.75 Å². The molecule has 0 amide bonds. The molecule has 1 aromatic rings. The molecule has 0 heterocycles. The number of Topliss-reactive ketones (excluding diaryl/α,β-unsaturated/α-hetero) is 1. The zero-order valence-electron chi connectivity index (χ0n) is 10.3. The van der Waals surface area contributed by atoms with Crippen molar-refractivity contribution in [1.82, 2.24) is 0 Å². The zero-order valence-corrected chi connectivity index (χ0v) is 10.3. The van der Waals surface area contributed by atoms with Crippen LogP contribution in [0.15, 0.2) is 24.3 Å². The highest BCUT2D eigenvalue weighted by atomic mass is 16.5. The fourth-order valence-corrected chi connectivity index (χ4v) is 2.01. The van der Waals surface area contributed by atoms with Crippen molar-refractivity contribution >= 4 is 5.78 Å². The van der Waals surface area contributed by atoms with Gasteiger partial charge in [-0.05, 0) is 37.8 Å². The van der Waals surface area contributed by atoms with E-state index in [-0.39, 0.29) is 11.9 Å². The third kappa shape index (κ3) is 2.67. The number of methoxy groups -OCH3 is 1. The molecule has 1 aromatic carbocycles. The van der Waals surface area contributed by atoms with Crippen molar-refractivity contribution in [2.45, 2.75) is 25.9 Å². The summed E-state index contributed by atoms with van der Waals surface area (Å²) in [6.07, 6.45) is 1.88. The molecule has 1 aliphatic carbocycles. The lowest BCUT2D eigenvalue weighted by Gasteiger charge is -2.16. The smallest absolute Gasteiger partial charge is 0.195 e. The molecule has 2 rings (SSSR count). The highest BCUT2D eigenvalue weighted by molar-refractivity contribution is 6.02. The van der Waals surface area contributed by atoms with Crippen LogP contribution >= 0.6 is 0 Å². The Kier molecular flexibility index (Phi) is 3.79. The molecule has 0 saturated heterocycles. The third-order valence-electron chi connectivity index (χ3n) is 3.03. The molecule has 1 saturated carbocycles. The maximum atomic E-state index is 12.4. The number of carbonyl (C=O) groups excluding carboxylic acids is 1. The molecule has 1 unspecified atom stereocenters. The van der Waals surface area contributed by atoms with Crippen LogP contribution < -0.4 is 4.74 Å². The molecule has 92 valence electrons. The number of hydrogen-bond acceptors (Lipinski definition) is 3. The van der Waals surface area contributed by atoms with Gasteiger partial charge in [0.15, 0.2) is 5.78 Å². The molecule has 1 atom stereocenters. The van der Waals surface area contributed by atoms with Gasteiger partial charge in [0.05, 0.1) is 12.7 Å². The Morgan fingerprint density at radius 1 is 1.41 bits per heavy atom. The fourth-order valence-electron chi connectivity index (χ4n) is 2.01. The van der Waals surface area contributed by atoms with Gasteiger partial charge in [-0.3, -0.25) is 4.79 Å². The number of ether oxygens (including phenoxy) is 2. The van der Waals surface area contributed by atoms with Crippen LogP contribution in [0.1, 0.15) is 30.1 Å². The van der Waals surface area contributed by atoms with Gasteiger partial charge in [0.2, 0.25) is 0 Å². The van der Waals surface area contributed by atoms with Gasteiger partial charge in [0.25, 0.3) is 0 Å². The first-order chi connectivity index (χ1) is 8.27. The standard InChI is InChI=1S/C14H18O3/c1-3-17-14(10-8-9-10)13(15)11-6-4-5-7-12(11)16-2/h4-7,10,14H,3,8-9H2,1-2H3. The molecule has 3 nitrogen and oxygen atoms in total. The van der Waals surface area contributed by atoms with E-state index in [1.54, 1.807) is 13.2 Å². The molecule has 0 aliphatic heterocycles. The van der Waals surface area contributed by atoms with Crippen LogP contribution in [0.3, 0.4) is 0 Å². The lowest BCUT2D eigenvalue weighted by Crippen LogP contribution is -2.27. The summed E-state index contributed by atoms with van der Waals surface area (Å²) in [7, 11) is 1.58. The Bertz CT molecular complexity index is 396. The van der Waals surface area contributed by atoms with E-state index in [4.69, 9.17) is 9.47 Å². The first-order valence-corrected chi connectivity index (χ1v) is 6.06. The van der Waals surface area contributed by atoms with Crippen LogP contribution in [0.2, 0.25) is 0 Å². The minimum absolute atomic E-state index is 0.0480. The van der Waals surface area contributed by atoms with Gasteiger partial charge >= 0.3 is 0 Å². The first-order valence-electron chi connectivity index (χ1n) is 6.06. The molecule has 0 radical (unpaired) electrons. The molecule has 0 spiro atoms. The van der Waals surface area contributed by atoms with Crippen molar-refractivity contribution in [2.75, 3.05) is 13.7 Å². The van der Waals surface area contributed by atoms with Crippen molar-refractivity contribution in [3.63, 3.8) is 0 Å². The average Bonchev–Trinajstić information content (AvgIpc) is 3.19. The second-order valence-electron chi connectivity index (χ2n) is 4.28. The van der Waals surface area contributed by atoms with Gasteiger partial charge in [-0.1, -0.05) is 12.1 Å². The number of para-hydroxylation sites is 1. The van der Waals surface area contributed by atoms with Crippen LogP contribution in [0.25, 0.3) is 0 Å². The predicted octanol–water partition coefficient (Wildman–Crippen LogP) is 2.69. The lowest BCUT2D eigenvalue weighted by atomic mass is 10.0. The fraction of sp³-hybridized carbons (Fsp3) is 0.500. The summed E-state index contributed by atoms with van der Waals surface area (Å²) in [5, 5.41) is 0. The Morgan fingerprint density at radius 2 is 2.12 bits per heavy atom. The number of carbonyl (C=O) groups is 1. The maximum Gasteiger partial charge on any atom is 0.195 e. The lowest BCUT2D eigenvalue weighted by molar-refractivity contribution is 0.0372. The van der Waals surface area contributed by atoms with Crippen LogP contribution in [-0.4, -0.2) is 25.6 Å². The van der Waals surface area contributed by atoms with Crippen LogP contribution in [0, 0.1) is 5.92 Å². The van der Waals surface area contributed by atoms with Gasteiger partial charge in [0.1, 0.15) is 11.9 Å². The van der Waals surface area contributed by atoms with E-state index in [9.17, 15) is 4.79 Å². The quantitative estimate of drug-likeness (QED) is 0.710. The minimum Gasteiger partial charge on any atom is -0.496 e. The largest absolute Gasteiger partial charge is 0.496 e. The van der Waals surface area contributed by atoms with Gasteiger partial charge in [0, 0.05) is 6.61 Å². The van der Waals surface area contributed by atoms with E-state index in [2.05, 4.69) is 0 Å². The summed E-state index contributed by atoms with van der Waals surface area (Å²) in [5.41, 5.74) is 0.625. The second-order valence-corrected chi connectivity index (χ2v) is 4.28. The van der Waals surface area contributed by atoms with E-state index in [0.29, 0.717) is 23.8 Å². The Balaban J connectivity index is 2.21. The average molecular weight is 234 g/mol. The normalized spacial score (nSPS) is 16.6. The monoisotopic (exact) mass is 234 g/mol. The number of ketones is 1. The van der Waals surface area contributed by atoms with E-state index in [0.717, 1.165) is 12.8 Å². The highest BCUT2D eigenvalue weighted by Gasteiger charge is 2.37. The maximum absolute atomic E-state index is 12.4. The second kappa shape index (κ2) is 5.32. The summed E-state index contributed by atoms with van der Waals surface area (Å²) in [4.78, 5) is 12.4. The SMILES string of the molecule is CCOC(C(=O)c1ccccc1OC)C1CC1. The van der Waals surface area contributed by atoms with E-state index in [1.165, 1.54) is 0 Å². The van der Waals surface area contributed by atoms with E-state index >= 15 is 0 Å². The zero-order chi connectivity index (χ0) is 12.3. The molecular formula is C14H18O3. The molecule has 0 aromatic heterocycles. The molecular weight excluding hydrogens is 216 g/mol. The van der Waals surface area contributed by atoms with Gasteiger partial charge in [-0.25, -0.2) is 0 Å². The van der Waals surface area contributed by atoms with Crippen molar-refractivity contribution in [1.29, 1.82) is 0 Å². The Morgan fingerprint density at radius 3 is 2.71 bits per heavy atom. The van der Waals surface area contributed by atoms with E-state index < -0.39 is 0 Å². The van der Waals surface area contributed by atoms with Gasteiger partial charge < -0.3 is 9.47 Å². The number of hydrogen-bond donors (Lipinski definition) is 0. The van der Waals surface area contributed by atoms with Crippen LogP contribution in [-0.2, 0) is 4.74 Å². The van der Waals surface area contributed by atoms with E-state index in [1.807, 2.05) is 25.1 Å². The predicted molar refractivity (Wildman–Crippen MR) is 65.5 cm³/mol. The molecule has 1 fully saturated rings. The van der Waals surface area contributed by atoms with Crippen LogP contribution in [0.5, 0.6) is 5.75 Å². The third-order valence-corrected chi connectivity index (χ3v) is 3.03. The van der Waals surface area contributed by atoms with Gasteiger partial charge in [-0.15, -0.1) is 0 Å². The molecule has 0 N–H and O–H groups in total. The molecule has 1 aliphatic rings. The van der Waals surface area contributed by atoms with Gasteiger partial charge in [-0.2, -0.15) is 0 Å². The summed E-state index contributed by atoms with van der Waals surface area (Å²) >= 11 is 0. The molecule has 17 heavy (non-hydrogen) atoms. The highest BCUT2D eigenvalue weighted by Crippen LogP contribution is 2.36. The number of benzene rings is 1. The topological polar surface area (TPSA) is 35.5 Å². The summed E-state index contributed by atoms with van der Waals surface area (Å²) in [6.45, 7) is 2.49. The Hall–Kier alpha value is -1.35. The minimum atomic E-state index is -0.295. The van der Waals surface area contributed by atoms with Crippen molar-refractivity contribution in [3.05, 3.63) is 29.8 Å². The summed E-state index contributed by atoms with van der Waals surface area (Å²) < 4.78 is 10.8.